The first-order valence-electron chi connectivity index (χ1n) is 7.22. The maximum Gasteiger partial charge on any atom is 0.258 e. The van der Waals surface area contributed by atoms with Crippen molar-refractivity contribution in [2.45, 2.75) is 31.3 Å². The Bertz CT molecular complexity index is 532. The molecular formula is C15H18ClFN2O2. The van der Waals surface area contributed by atoms with Crippen molar-refractivity contribution < 1.29 is 13.9 Å². The standard InChI is InChI=1S/C15H18ClFN2O2/c16-12-4-3-11(6-13(12)17)21-8-15(20)19-14-5-10-2-1-9(14)7-18-10/h3-4,6,9-10,14,18H,1-2,5,7-8H2,(H,19,20). The van der Waals surface area contributed by atoms with E-state index in [9.17, 15) is 9.18 Å². The van der Waals surface area contributed by atoms with Gasteiger partial charge in [0, 0.05) is 24.7 Å². The monoisotopic (exact) mass is 312 g/mol. The minimum Gasteiger partial charge on any atom is -0.484 e. The number of rotatable bonds is 4. The number of halogens is 2. The highest BCUT2D eigenvalue weighted by molar-refractivity contribution is 6.30. The summed E-state index contributed by atoms with van der Waals surface area (Å²) < 4.78 is 18.6. The first-order chi connectivity index (χ1) is 10.1. The number of benzene rings is 1. The van der Waals surface area contributed by atoms with Gasteiger partial charge in [-0.2, -0.15) is 0 Å². The maximum absolute atomic E-state index is 13.3. The third-order valence-electron chi connectivity index (χ3n) is 4.27. The van der Waals surface area contributed by atoms with Gasteiger partial charge in [-0.05, 0) is 37.3 Å². The van der Waals surface area contributed by atoms with Crippen molar-refractivity contribution in [1.29, 1.82) is 0 Å². The highest BCUT2D eigenvalue weighted by atomic mass is 35.5. The van der Waals surface area contributed by atoms with E-state index in [0.29, 0.717) is 17.7 Å². The number of ether oxygens (including phenoxy) is 1. The first kappa shape index (κ1) is 14.6. The molecule has 6 heteroatoms. The van der Waals surface area contributed by atoms with E-state index in [1.165, 1.54) is 18.6 Å². The van der Waals surface area contributed by atoms with Crippen LogP contribution in [0.1, 0.15) is 19.3 Å². The zero-order valence-electron chi connectivity index (χ0n) is 11.6. The summed E-state index contributed by atoms with van der Waals surface area (Å²) in [6.45, 7) is 0.862. The lowest BCUT2D eigenvalue weighted by Crippen LogP contribution is -2.57. The van der Waals surface area contributed by atoms with Crippen LogP contribution in [0.3, 0.4) is 0 Å². The second-order valence-electron chi connectivity index (χ2n) is 5.72. The molecule has 2 bridgehead atoms. The van der Waals surface area contributed by atoms with Crippen LogP contribution in [0.25, 0.3) is 0 Å². The van der Waals surface area contributed by atoms with E-state index in [2.05, 4.69) is 10.6 Å². The molecule has 3 atom stereocenters. The topological polar surface area (TPSA) is 50.4 Å². The van der Waals surface area contributed by atoms with Crippen LogP contribution in [0.5, 0.6) is 5.75 Å². The quantitative estimate of drug-likeness (QED) is 0.895. The van der Waals surface area contributed by atoms with E-state index < -0.39 is 5.82 Å². The van der Waals surface area contributed by atoms with Crippen molar-refractivity contribution in [1.82, 2.24) is 10.6 Å². The van der Waals surface area contributed by atoms with E-state index in [1.807, 2.05) is 0 Å². The van der Waals surface area contributed by atoms with Gasteiger partial charge in [0.1, 0.15) is 11.6 Å². The molecule has 3 aliphatic rings. The number of piperidine rings is 2. The lowest BCUT2D eigenvalue weighted by atomic mass is 9.77. The Morgan fingerprint density at radius 1 is 1.48 bits per heavy atom. The molecule has 0 spiro atoms. The third-order valence-corrected chi connectivity index (χ3v) is 4.58. The summed E-state index contributed by atoms with van der Waals surface area (Å²) in [5, 5.41) is 6.52. The second-order valence-corrected chi connectivity index (χ2v) is 6.12. The summed E-state index contributed by atoms with van der Waals surface area (Å²) in [6.07, 6.45) is 3.33. The maximum atomic E-state index is 13.3. The molecule has 2 N–H and O–H groups in total. The van der Waals surface area contributed by atoms with E-state index in [0.717, 1.165) is 19.4 Å². The number of carbonyl (C=O) groups is 1. The normalized spacial score (nSPS) is 27.4. The van der Waals surface area contributed by atoms with Gasteiger partial charge in [0.25, 0.3) is 5.91 Å². The SMILES string of the molecule is O=C(COc1ccc(Cl)c(F)c1)NC1CC2CCC1CN2. The number of amides is 1. The Labute approximate surface area is 128 Å². The van der Waals surface area contributed by atoms with Crippen LogP contribution in [0.4, 0.5) is 4.39 Å². The Balaban J connectivity index is 1.49. The Morgan fingerprint density at radius 3 is 2.95 bits per heavy atom. The van der Waals surface area contributed by atoms with Gasteiger partial charge < -0.3 is 15.4 Å². The molecule has 2 heterocycles. The van der Waals surface area contributed by atoms with Crippen LogP contribution < -0.4 is 15.4 Å². The van der Waals surface area contributed by atoms with Crippen molar-refractivity contribution in [2.75, 3.05) is 13.2 Å². The molecule has 1 aromatic rings. The predicted molar refractivity (Wildman–Crippen MR) is 78.0 cm³/mol. The summed E-state index contributed by atoms with van der Waals surface area (Å²) in [5.41, 5.74) is 0. The van der Waals surface area contributed by atoms with Crippen LogP contribution in [0.2, 0.25) is 5.02 Å². The van der Waals surface area contributed by atoms with Crippen molar-refractivity contribution in [3.63, 3.8) is 0 Å². The summed E-state index contributed by atoms with van der Waals surface area (Å²) >= 11 is 5.59. The van der Waals surface area contributed by atoms with Crippen molar-refractivity contribution in [2.24, 2.45) is 5.92 Å². The van der Waals surface area contributed by atoms with Gasteiger partial charge in [0.15, 0.2) is 6.61 Å². The average Bonchev–Trinajstić information content (AvgIpc) is 2.50. The number of fused-ring (bicyclic) bond motifs is 3. The minimum absolute atomic E-state index is 0.0394. The molecule has 4 nitrogen and oxygen atoms in total. The molecule has 2 saturated heterocycles. The Hall–Kier alpha value is -1.33. The highest BCUT2D eigenvalue weighted by Crippen LogP contribution is 2.29. The molecule has 1 saturated carbocycles. The number of hydrogen-bond acceptors (Lipinski definition) is 3. The van der Waals surface area contributed by atoms with Crippen molar-refractivity contribution >= 4 is 17.5 Å². The third kappa shape index (κ3) is 3.47. The number of carbonyl (C=O) groups excluding carboxylic acids is 1. The zero-order chi connectivity index (χ0) is 14.8. The average molecular weight is 313 g/mol. The molecule has 3 fully saturated rings. The van der Waals surface area contributed by atoms with E-state index in [1.54, 1.807) is 6.07 Å². The summed E-state index contributed by atoms with van der Waals surface area (Å²) in [7, 11) is 0. The van der Waals surface area contributed by atoms with Crippen LogP contribution in [0.15, 0.2) is 18.2 Å². The molecule has 21 heavy (non-hydrogen) atoms. The fourth-order valence-corrected chi connectivity index (χ4v) is 3.24. The molecule has 2 aliphatic heterocycles. The van der Waals surface area contributed by atoms with Crippen LogP contribution in [0, 0.1) is 11.7 Å². The molecule has 4 rings (SSSR count). The number of nitrogens with one attached hydrogen (secondary N) is 2. The summed E-state index contributed by atoms with van der Waals surface area (Å²) in [6, 6.07) is 4.89. The molecule has 114 valence electrons. The van der Waals surface area contributed by atoms with Gasteiger partial charge in [-0.15, -0.1) is 0 Å². The van der Waals surface area contributed by atoms with Gasteiger partial charge in [-0.1, -0.05) is 11.6 Å². The van der Waals surface area contributed by atoms with E-state index in [4.69, 9.17) is 16.3 Å². The molecule has 1 amide bonds. The van der Waals surface area contributed by atoms with Gasteiger partial charge in [0.2, 0.25) is 0 Å². The summed E-state index contributed by atoms with van der Waals surface area (Å²) in [5.74, 6) is 0.0963. The van der Waals surface area contributed by atoms with E-state index >= 15 is 0 Å². The van der Waals surface area contributed by atoms with Gasteiger partial charge >= 0.3 is 0 Å². The Morgan fingerprint density at radius 2 is 2.33 bits per heavy atom. The first-order valence-corrected chi connectivity index (χ1v) is 7.60. The highest BCUT2D eigenvalue weighted by Gasteiger charge is 2.35. The zero-order valence-corrected chi connectivity index (χ0v) is 12.3. The van der Waals surface area contributed by atoms with Crippen LogP contribution in [-0.4, -0.2) is 31.1 Å². The molecule has 0 aromatic heterocycles. The van der Waals surface area contributed by atoms with E-state index in [-0.39, 0.29) is 23.6 Å². The molecular weight excluding hydrogens is 295 g/mol. The van der Waals surface area contributed by atoms with Crippen molar-refractivity contribution in [3.05, 3.63) is 29.0 Å². The predicted octanol–water partition coefficient (Wildman–Crippen LogP) is 2.11. The fourth-order valence-electron chi connectivity index (χ4n) is 3.12. The lowest BCUT2D eigenvalue weighted by molar-refractivity contribution is -0.124. The van der Waals surface area contributed by atoms with Crippen molar-refractivity contribution in [3.8, 4) is 5.75 Å². The number of hydrogen-bond donors (Lipinski definition) is 2. The Kier molecular flexibility index (Phi) is 4.31. The second kappa shape index (κ2) is 6.20. The van der Waals surface area contributed by atoms with Gasteiger partial charge in [-0.25, -0.2) is 4.39 Å². The molecule has 0 radical (unpaired) electrons. The molecule has 3 unspecified atom stereocenters. The van der Waals surface area contributed by atoms with Crippen LogP contribution in [-0.2, 0) is 4.79 Å². The lowest BCUT2D eigenvalue weighted by Gasteiger charge is -2.43. The van der Waals surface area contributed by atoms with Crippen LogP contribution >= 0.6 is 11.6 Å². The molecule has 1 aromatic carbocycles. The van der Waals surface area contributed by atoms with Gasteiger partial charge in [0.05, 0.1) is 5.02 Å². The molecule has 1 aliphatic carbocycles. The fraction of sp³-hybridized carbons (Fsp3) is 0.533. The largest absolute Gasteiger partial charge is 0.484 e. The summed E-state index contributed by atoms with van der Waals surface area (Å²) in [4.78, 5) is 11.9. The smallest absolute Gasteiger partial charge is 0.258 e. The minimum atomic E-state index is -0.551. The van der Waals surface area contributed by atoms with Gasteiger partial charge in [-0.3, -0.25) is 4.79 Å².